The average molecular weight is 527 g/mol. The van der Waals surface area contributed by atoms with Crippen LogP contribution in [0.25, 0.3) is 11.0 Å². The number of imidazole rings is 1. The van der Waals surface area contributed by atoms with Gasteiger partial charge in [-0.05, 0) is 12.1 Å². The van der Waals surface area contributed by atoms with Gasteiger partial charge in [0.2, 0.25) is 5.16 Å². The number of rotatable bonds is 10. The molecule has 1 aromatic carbocycles. The molecule has 0 aliphatic carbocycles. The van der Waals surface area contributed by atoms with Gasteiger partial charge in [-0.15, -0.1) is 0 Å². The Morgan fingerprint density at radius 1 is 1.22 bits per heavy atom. The van der Waals surface area contributed by atoms with Crippen LogP contribution in [0.5, 0.6) is 17.2 Å². The van der Waals surface area contributed by atoms with Crippen LogP contribution in [0.2, 0.25) is 0 Å². The number of amides is 1. The Bertz CT molecular complexity index is 1290. The maximum absolute atomic E-state index is 13.4. The second-order valence-electron chi connectivity index (χ2n) is 7.04. The zero-order chi connectivity index (χ0) is 26.4. The number of ether oxygens (including phenoxy) is 4. The van der Waals surface area contributed by atoms with E-state index in [0.717, 1.165) is 9.47 Å². The van der Waals surface area contributed by atoms with Crippen molar-refractivity contribution in [3.63, 3.8) is 0 Å². The molecule has 1 amide bonds. The van der Waals surface area contributed by atoms with Gasteiger partial charge in [0.15, 0.2) is 11.5 Å². The molecule has 12 nitrogen and oxygen atoms in total. The van der Waals surface area contributed by atoms with Crippen molar-refractivity contribution in [1.29, 1.82) is 0 Å². The van der Waals surface area contributed by atoms with Gasteiger partial charge in [0, 0.05) is 38.5 Å². The molecule has 3 rings (SSSR count). The first kappa shape index (κ1) is 26.6. The van der Waals surface area contributed by atoms with Crippen LogP contribution in [-0.2, 0) is 21.3 Å². The summed E-state index contributed by atoms with van der Waals surface area (Å²) in [6.45, 7) is -3.61. The Morgan fingerprint density at radius 2 is 1.97 bits per heavy atom. The summed E-state index contributed by atoms with van der Waals surface area (Å²) in [5.41, 5.74) is 0.483. The molecule has 0 bridgehead atoms. The summed E-state index contributed by atoms with van der Waals surface area (Å²) in [6.07, 6.45) is -0.321. The first-order chi connectivity index (χ1) is 17.2. The van der Waals surface area contributed by atoms with E-state index in [2.05, 4.69) is 19.4 Å². The molecule has 0 spiro atoms. The normalized spacial score (nSPS) is 11.8. The molecule has 36 heavy (non-hydrogen) atoms. The van der Waals surface area contributed by atoms with Gasteiger partial charge >= 0.3 is 12.6 Å². The Kier molecular flexibility index (Phi) is 8.58. The van der Waals surface area contributed by atoms with Gasteiger partial charge in [0.25, 0.3) is 6.16 Å². The number of carboxylic acid groups (broad SMARTS) is 1. The van der Waals surface area contributed by atoms with E-state index in [-0.39, 0.29) is 52.3 Å². The SMILES string of the molecule is COc1ccnc(CS(=O)c2nc3cc(OC(F)F)ccc3n2C(=O)N(C)CCOC(=O)[O-])c1OC. The van der Waals surface area contributed by atoms with Crippen LogP contribution < -0.4 is 19.3 Å². The molecule has 0 N–H and O–H groups in total. The van der Waals surface area contributed by atoms with E-state index < -0.39 is 29.6 Å². The Balaban J connectivity index is 2.03. The number of halogens is 2. The average Bonchev–Trinajstić information content (AvgIpc) is 3.21. The van der Waals surface area contributed by atoms with Gasteiger partial charge in [0.1, 0.15) is 5.75 Å². The number of nitrogens with zero attached hydrogens (tertiary/aromatic N) is 4. The summed E-state index contributed by atoms with van der Waals surface area (Å²) in [7, 11) is 2.19. The van der Waals surface area contributed by atoms with E-state index in [4.69, 9.17) is 9.47 Å². The minimum atomic E-state index is -3.08. The molecule has 0 radical (unpaired) electrons. The minimum absolute atomic E-state index is 0.0646. The largest absolute Gasteiger partial charge is 0.548 e. The van der Waals surface area contributed by atoms with Gasteiger partial charge < -0.3 is 33.7 Å². The van der Waals surface area contributed by atoms with Crippen LogP contribution in [0.15, 0.2) is 35.6 Å². The number of likely N-dealkylation sites (N-methyl/N-ethyl adjacent to an activating group) is 1. The number of aromatic nitrogens is 3. The zero-order valence-corrected chi connectivity index (χ0v) is 20.1. The first-order valence-corrected chi connectivity index (χ1v) is 11.5. The third kappa shape index (κ3) is 5.97. The van der Waals surface area contributed by atoms with Crippen molar-refractivity contribution < 1.29 is 46.6 Å². The third-order valence-electron chi connectivity index (χ3n) is 4.82. The molecule has 0 saturated heterocycles. The van der Waals surface area contributed by atoms with Crippen LogP contribution in [0, 0.1) is 0 Å². The lowest BCUT2D eigenvalue weighted by Crippen LogP contribution is -2.36. The number of hydrogen-bond acceptors (Lipinski definition) is 10. The molecule has 1 atom stereocenters. The zero-order valence-electron chi connectivity index (χ0n) is 19.3. The van der Waals surface area contributed by atoms with E-state index in [9.17, 15) is 27.7 Å². The van der Waals surface area contributed by atoms with Gasteiger partial charge in [0.05, 0.1) is 47.5 Å². The quantitative estimate of drug-likeness (QED) is 0.357. The molecule has 0 fully saturated rings. The van der Waals surface area contributed by atoms with Gasteiger partial charge in [-0.1, -0.05) is 0 Å². The molecule has 2 heterocycles. The highest BCUT2D eigenvalue weighted by Crippen LogP contribution is 2.31. The second-order valence-corrected chi connectivity index (χ2v) is 8.39. The molecule has 2 aromatic heterocycles. The van der Waals surface area contributed by atoms with Crippen molar-refractivity contribution in [3.8, 4) is 17.2 Å². The Morgan fingerprint density at radius 3 is 2.61 bits per heavy atom. The number of alkyl halides is 2. The van der Waals surface area contributed by atoms with Crippen LogP contribution >= 0.6 is 0 Å². The van der Waals surface area contributed by atoms with Crippen molar-refractivity contribution in [2.75, 3.05) is 34.4 Å². The lowest BCUT2D eigenvalue weighted by atomic mass is 10.3. The maximum atomic E-state index is 13.4. The van der Waals surface area contributed by atoms with E-state index in [0.29, 0.717) is 5.75 Å². The number of carbonyl (C=O) groups is 2. The fraction of sp³-hybridized carbons (Fsp3) is 0.333. The number of fused-ring (bicyclic) bond motifs is 1. The summed E-state index contributed by atoms with van der Waals surface area (Å²) in [4.78, 5) is 33.3. The fourth-order valence-corrected chi connectivity index (χ4v) is 4.39. The lowest BCUT2D eigenvalue weighted by Gasteiger charge is -2.20. The molecule has 15 heteroatoms. The summed E-state index contributed by atoms with van der Waals surface area (Å²) in [6, 6.07) is 4.52. The van der Waals surface area contributed by atoms with Gasteiger partial charge in [-0.2, -0.15) is 8.78 Å². The molecule has 0 saturated carbocycles. The smallest absolute Gasteiger partial charge is 0.387 e. The number of methoxy groups -OCH3 is 2. The van der Waals surface area contributed by atoms with E-state index in [1.165, 1.54) is 45.7 Å². The van der Waals surface area contributed by atoms with Crippen molar-refractivity contribution >= 4 is 34.0 Å². The van der Waals surface area contributed by atoms with E-state index in [1.807, 2.05) is 0 Å². The molecule has 3 aromatic rings. The van der Waals surface area contributed by atoms with Crippen molar-refractivity contribution in [1.82, 2.24) is 19.4 Å². The molecule has 0 aliphatic heterocycles. The van der Waals surface area contributed by atoms with Gasteiger partial charge in [-0.3, -0.25) is 9.19 Å². The second kappa shape index (κ2) is 11.6. The molecule has 0 aliphatic rings. The number of carbonyl (C=O) groups excluding carboxylic acids is 2. The van der Waals surface area contributed by atoms with Crippen molar-refractivity contribution in [2.45, 2.75) is 17.5 Å². The van der Waals surface area contributed by atoms with Crippen molar-refractivity contribution in [3.05, 3.63) is 36.2 Å². The predicted molar refractivity (Wildman–Crippen MR) is 119 cm³/mol. The summed E-state index contributed by atoms with van der Waals surface area (Å²) in [5.74, 6) is 0.158. The maximum Gasteiger partial charge on any atom is 0.387 e. The Labute approximate surface area is 205 Å². The molecule has 1 unspecified atom stereocenters. The van der Waals surface area contributed by atoms with Crippen LogP contribution in [-0.4, -0.2) is 76.9 Å². The van der Waals surface area contributed by atoms with Crippen LogP contribution in [0.3, 0.4) is 0 Å². The fourth-order valence-electron chi connectivity index (χ4n) is 3.23. The predicted octanol–water partition coefficient (Wildman–Crippen LogP) is 1.62. The highest BCUT2D eigenvalue weighted by atomic mass is 32.2. The number of hydrogen-bond donors (Lipinski definition) is 0. The standard InChI is InChI=1S/C21H22F2N4O8S/c1-26(8-9-34-21(29)30)20(28)27-15-5-4-12(35-18(22)23)10-13(15)25-19(27)36(31)11-14-17(33-3)16(32-2)6-7-24-14/h4-7,10,18H,8-9,11H2,1-3H3,(H,29,30)/p-1. The van der Waals surface area contributed by atoms with Crippen LogP contribution in [0.4, 0.5) is 18.4 Å². The monoisotopic (exact) mass is 527 g/mol. The molecular weight excluding hydrogens is 506 g/mol. The summed E-state index contributed by atoms with van der Waals surface area (Å²) < 4.78 is 59.1. The molecular formula is C21H21F2N4O8S-. The highest BCUT2D eigenvalue weighted by Gasteiger charge is 2.26. The van der Waals surface area contributed by atoms with Gasteiger partial charge in [-0.25, -0.2) is 14.3 Å². The van der Waals surface area contributed by atoms with Crippen LogP contribution in [0.1, 0.15) is 5.69 Å². The number of benzene rings is 1. The molecule has 194 valence electrons. The topological polar surface area (TPSA) is 145 Å². The van der Waals surface area contributed by atoms with E-state index in [1.54, 1.807) is 6.07 Å². The Hall–Kier alpha value is -4.01. The summed E-state index contributed by atoms with van der Waals surface area (Å²) >= 11 is 0. The van der Waals surface area contributed by atoms with E-state index >= 15 is 0 Å². The minimum Gasteiger partial charge on any atom is -0.548 e. The lowest BCUT2D eigenvalue weighted by molar-refractivity contribution is -0.282. The third-order valence-corrected chi connectivity index (χ3v) is 6.04. The summed E-state index contributed by atoms with van der Waals surface area (Å²) in [5, 5.41) is 10.3. The highest BCUT2D eigenvalue weighted by molar-refractivity contribution is 7.84. The first-order valence-electron chi connectivity index (χ1n) is 10.2. The van der Waals surface area contributed by atoms with Crippen molar-refractivity contribution in [2.24, 2.45) is 0 Å². The number of pyridine rings is 1.